The van der Waals surface area contributed by atoms with E-state index in [1.807, 2.05) is 6.08 Å². The lowest BCUT2D eigenvalue weighted by atomic mass is 10.3. The van der Waals surface area contributed by atoms with Gasteiger partial charge in [-0.1, -0.05) is 6.08 Å². The predicted molar refractivity (Wildman–Crippen MR) is 73.9 cm³/mol. The van der Waals surface area contributed by atoms with Crippen molar-refractivity contribution in [3.05, 3.63) is 29.7 Å². The van der Waals surface area contributed by atoms with E-state index in [4.69, 9.17) is 0 Å². The van der Waals surface area contributed by atoms with E-state index in [0.717, 1.165) is 18.8 Å². The Bertz CT molecular complexity index is 386. The number of amidine groups is 1. The molecule has 88 valence electrons. The summed E-state index contributed by atoms with van der Waals surface area (Å²) in [5.41, 5.74) is 4.63. The molecule has 0 bridgehead atoms. The van der Waals surface area contributed by atoms with Crippen molar-refractivity contribution in [3.8, 4) is 0 Å². The Balaban J connectivity index is 0.00000128. The van der Waals surface area contributed by atoms with Crippen LogP contribution in [0, 0.1) is 6.92 Å². The molecule has 0 unspecified atom stereocenters. The van der Waals surface area contributed by atoms with E-state index in [1.165, 1.54) is 10.6 Å². The first-order valence-corrected chi connectivity index (χ1v) is 5.91. The van der Waals surface area contributed by atoms with Crippen LogP contribution in [0.1, 0.15) is 12.0 Å². The maximum atomic E-state index is 4.38. The van der Waals surface area contributed by atoms with Gasteiger partial charge in [-0.15, -0.1) is 30.3 Å². The lowest BCUT2D eigenvalue weighted by Crippen LogP contribution is -2.32. The molecule has 5 heteroatoms. The number of aliphatic imine (C=N–C) groups is 1. The maximum absolute atomic E-state index is 4.38. The van der Waals surface area contributed by atoms with E-state index >= 15 is 0 Å². The van der Waals surface area contributed by atoms with Crippen LogP contribution >= 0.6 is 23.7 Å². The van der Waals surface area contributed by atoms with E-state index < -0.39 is 0 Å². The van der Waals surface area contributed by atoms with Crippen LogP contribution in [0.25, 0.3) is 0 Å². The number of nitrogens with one attached hydrogen (secondary N) is 1. The second kappa shape index (κ2) is 5.92. The van der Waals surface area contributed by atoms with Crippen molar-refractivity contribution in [2.24, 2.45) is 4.99 Å². The minimum atomic E-state index is 0. The fourth-order valence-corrected chi connectivity index (χ4v) is 2.49. The summed E-state index contributed by atoms with van der Waals surface area (Å²) in [5.74, 6) is 1.06. The fraction of sp³-hybridized carbons (Fsp3) is 0.364. The number of aryl methyl sites for hydroxylation is 1. The first kappa shape index (κ1) is 13.1. The molecular formula is C11H16ClN3S. The highest BCUT2D eigenvalue weighted by molar-refractivity contribution is 7.14. The number of hydrogen-bond donors (Lipinski definition) is 1. The molecule has 0 aliphatic carbocycles. The fourth-order valence-electron chi connectivity index (χ4n) is 1.57. The number of thiophene rings is 1. The van der Waals surface area contributed by atoms with Gasteiger partial charge in [-0.3, -0.25) is 15.4 Å². The molecule has 1 aromatic rings. The Kier molecular flexibility index (Phi) is 4.83. The number of rotatable bonds is 3. The monoisotopic (exact) mass is 257 g/mol. The number of hydrogen-bond acceptors (Lipinski definition) is 3. The van der Waals surface area contributed by atoms with Crippen LogP contribution in [-0.4, -0.2) is 18.9 Å². The first-order chi connectivity index (χ1) is 7.31. The van der Waals surface area contributed by atoms with E-state index in [9.17, 15) is 0 Å². The topological polar surface area (TPSA) is 27.6 Å². The van der Waals surface area contributed by atoms with Gasteiger partial charge in [0.1, 0.15) is 10.8 Å². The summed E-state index contributed by atoms with van der Waals surface area (Å²) in [4.78, 5) is 4.38. The third-order valence-electron chi connectivity index (χ3n) is 2.33. The van der Waals surface area contributed by atoms with Gasteiger partial charge in [0.05, 0.1) is 6.54 Å². The van der Waals surface area contributed by atoms with Crippen molar-refractivity contribution in [1.29, 1.82) is 0 Å². The molecule has 0 radical (unpaired) electrons. The molecule has 0 amide bonds. The highest BCUT2D eigenvalue weighted by Crippen LogP contribution is 2.27. The molecule has 16 heavy (non-hydrogen) atoms. The summed E-state index contributed by atoms with van der Waals surface area (Å²) in [6.45, 7) is 7.48. The van der Waals surface area contributed by atoms with Crippen LogP contribution in [0.15, 0.2) is 29.1 Å². The molecule has 1 aliphatic heterocycles. The maximum Gasteiger partial charge on any atom is 0.117 e. The minimum absolute atomic E-state index is 0. The Morgan fingerprint density at radius 3 is 3.12 bits per heavy atom. The number of anilines is 1. The molecule has 0 atom stereocenters. The summed E-state index contributed by atoms with van der Waals surface area (Å²) < 4.78 is 0. The summed E-state index contributed by atoms with van der Waals surface area (Å²) in [6, 6.07) is 2.14. The van der Waals surface area contributed by atoms with Crippen LogP contribution in [-0.2, 0) is 0 Å². The van der Waals surface area contributed by atoms with Crippen molar-refractivity contribution in [2.45, 2.75) is 13.3 Å². The molecule has 0 spiro atoms. The highest BCUT2D eigenvalue weighted by Gasteiger charge is 2.19. The highest BCUT2D eigenvalue weighted by atomic mass is 35.5. The van der Waals surface area contributed by atoms with Gasteiger partial charge in [-0.25, -0.2) is 0 Å². The van der Waals surface area contributed by atoms with Crippen molar-refractivity contribution in [2.75, 3.05) is 18.1 Å². The Labute approximate surface area is 106 Å². The first-order valence-electron chi connectivity index (χ1n) is 5.04. The average Bonchev–Trinajstić information content (AvgIpc) is 2.83. The van der Waals surface area contributed by atoms with Crippen molar-refractivity contribution >= 4 is 34.6 Å². The van der Waals surface area contributed by atoms with Gasteiger partial charge < -0.3 is 0 Å². The Morgan fingerprint density at radius 1 is 1.69 bits per heavy atom. The van der Waals surface area contributed by atoms with Crippen LogP contribution in [0.5, 0.6) is 0 Å². The smallest absolute Gasteiger partial charge is 0.117 e. The lowest BCUT2D eigenvalue weighted by Gasteiger charge is -2.16. The standard InChI is InChI=1S/C11H15N3S.ClH/c1-3-6-12-10-4-7-14(13-10)11-9(2)5-8-15-11;/h3,5,8H,1,4,6-7H2,2H3,(H,12,13);1H. The zero-order valence-electron chi connectivity index (χ0n) is 9.27. The lowest BCUT2D eigenvalue weighted by molar-refractivity contribution is 0.864. The predicted octanol–water partition coefficient (Wildman–Crippen LogP) is 2.78. The van der Waals surface area contributed by atoms with Crippen LogP contribution in [0.3, 0.4) is 0 Å². The molecular weight excluding hydrogens is 242 g/mol. The quantitative estimate of drug-likeness (QED) is 0.844. The summed E-state index contributed by atoms with van der Waals surface area (Å²) >= 11 is 1.76. The molecule has 3 nitrogen and oxygen atoms in total. The van der Waals surface area contributed by atoms with Crippen molar-refractivity contribution in [3.63, 3.8) is 0 Å². The van der Waals surface area contributed by atoms with E-state index in [2.05, 4.69) is 40.4 Å². The van der Waals surface area contributed by atoms with Gasteiger partial charge in [0, 0.05) is 13.0 Å². The normalized spacial score (nSPS) is 17.1. The molecule has 2 rings (SSSR count). The summed E-state index contributed by atoms with van der Waals surface area (Å²) in [5, 5.41) is 5.58. The second-order valence-electron chi connectivity index (χ2n) is 3.50. The van der Waals surface area contributed by atoms with Gasteiger partial charge in [0.25, 0.3) is 0 Å². The second-order valence-corrected chi connectivity index (χ2v) is 4.39. The molecule has 0 saturated carbocycles. The molecule has 1 N–H and O–H groups in total. The van der Waals surface area contributed by atoms with Crippen LogP contribution in [0.4, 0.5) is 5.00 Å². The number of halogens is 1. The van der Waals surface area contributed by atoms with Gasteiger partial charge in [-0.2, -0.15) is 0 Å². The van der Waals surface area contributed by atoms with Crippen molar-refractivity contribution in [1.82, 2.24) is 5.43 Å². The largest absolute Gasteiger partial charge is 0.285 e. The van der Waals surface area contributed by atoms with E-state index in [0.29, 0.717) is 6.54 Å². The Morgan fingerprint density at radius 2 is 2.50 bits per heavy atom. The summed E-state index contributed by atoms with van der Waals surface area (Å²) in [7, 11) is 0. The molecule has 1 saturated heterocycles. The zero-order chi connectivity index (χ0) is 10.7. The zero-order valence-corrected chi connectivity index (χ0v) is 10.9. The van der Waals surface area contributed by atoms with Crippen molar-refractivity contribution < 1.29 is 0 Å². The minimum Gasteiger partial charge on any atom is -0.285 e. The molecule has 1 fully saturated rings. The van der Waals surface area contributed by atoms with Crippen LogP contribution < -0.4 is 10.4 Å². The third kappa shape index (κ3) is 2.77. The molecule has 0 aromatic carbocycles. The Hall–Kier alpha value is -1.00. The molecule has 2 heterocycles. The van der Waals surface area contributed by atoms with Gasteiger partial charge in [0.15, 0.2) is 0 Å². The molecule has 1 aromatic heterocycles. The van der Waals surface area contributed by atoms with E-state index in [1.54, 1.807) is 11.3 Å². The number of nitrogens with zero attached hydrogens (tertiary/aromatic N) is 2. The van der Waals surface area contributed by atoms with Gasteiger partial charge in [0.2, 0.25) is 0 Å². The summed E-state index contributed by atoms with van der Waals surface area (Å²) in [6.07, 6.45) is 2.80. The number of hydrazine groups is 1. The van der Waals surface area contributed by atoms with Crippen LogP contribution in [0.2, 0.25) is 0 Å². The molecule has 1 aliphatic rings. The van der Waals surface area contributed by atoms with E-state index in [-0.39, 0.29) is 12.4 Å². The van der Waals surface area contributed by atoms with Gasteiger partial charge >= 0.3 is 0 Å². The average molecular weight is 258 g/mol. The SMILES string of the molecule is C=CCN=C1CCN(c2sccc2C)N1.Cl. The van der Waals surface area contributed by atoms with Gasteiger partial charge in [-0.05, 0) is 23.9 Å². The third-order valence-corrected chi connectivity index (χ3v) is 3.37.